The minimum atomic E-state index is 0.746. The number of ether oxygens (including phenoxy) is 1. The number of thioether (sulfide) groups is 1. The zero-order valence-corrected chi connectivity index (χ0v) is 12.6. The van der Waals surface area contributed by atoms with Gasteiger partial charge in [-0.25, -0.2) is 4.98 Å². The van der Waals surface area contributed by atoms with Crippen molar-refractivity contribution in [2.24, 2.45) is 0 Å². The molecule has 0 saturated heterocycles. The number of imidazole rings is 1. The monoisotopic (exact) mass is 307 g/mol. The maximum atomic E-state index is 5.20. The second-order valence-electron chi connectivity index (χ2n) is 3.96. The Hall–Kier alpha value is -1.80. The molecule has 104 valence electrons. The SMILES string of the molecule is CNc1nnc(CSc2nc3ccc(OC)cc3[nH]2)s1. The molecule has 3 aromatic rings. The molecule has 20 heavy (non-hydrogen) atoms. The Labute approximate surface area is 124 Å². The van der Waals surface area contributed by atoms with Crippen LogP contribution in [0.25, 0.3) is 11.0 Å². The number of fused-ring (bicyclic) bond motifs is 1. The van der Waals surface area contributed by atoms with Gasteiger partial charge in [0.15, 0.2) is 5.16 Å². The molecular weight excluding hydrogens is 294 g/mol. The van der Waals surface area contributed by atoms with Crippen molar-refractivity contribution in [3.8, 4) is 5.75 Å². The molecule has 2 aromatic heterocycles. The van der Waals surface area contributed by atoms with Crippen molar-refractivity contribution < 1.29 is 4.74 Å². The molecule has 0 aliphatic heterocycles. The molecule has 0 fully saturated rings. The summed E-state index contributed by atoms with van der Waals surface area (Å²) in [4.78, 5) is 7.80. The largest absolute Gasteiger partial charge is 0.497 e. The summed E-state index contributed by atoms with van der Waals surface area (Å²) in [5, 5.41) is 13.8. The van der Waals surface area contributed by atoms with Crippen LogP contribution in [0.5, 0.6) is 5.75 Å². The van der Waals surface area contributed by atoms with Crippen LogP contribution in [0.15, 0.2) is 23.4 Å². The predicted molar refractivity (Wildman–Crippen MR) is 81.7 cm³/mol. The van der Waals surface area contributed by atoms with Crippen LogP contribution in [0, 0.1) is 0 Å². The molecule has 0 radical (unpaired) electrons. The summed E-state index contributed by atoms with van der Waals surface area (Å²) in [6.07, 6.45) is 0. The van der Waals surface area contributed by atoms with Crippen LogP contribution in [0.4, 0.5) is 5.13 Å². The van der Waals surface area contributed by atoms with Gasteiger partial charge >= 0.3 is 0 Å². The number of nitrogens with one attached hydrogen (secondary N) is 2. The van der Waals surface area contributed by atoms with Gasteiger partial charge in [-0.15, -0.1) is 10.2 Å². The molecule has 0 saturated carbocycles. The van der Waals surface area contributed by atoms with Gasteiger partial charge in [0.25, 0.3) is 0 Å². The van der Waals surface area contributed by atoms with Gasteiger partial charge in [-0.05, 0) is 12.1 Å². The second kappa shape index (κ2) is 5.68. The van der Waals surface area contributed by atoms with E-state index in [1.54, 1.807) is 30.2 Å². The highest BCUT2D eigenvalue weighted by Gasteiger charge is 2.07. The van der Waals surface area contributed by atoms with Gasteiger partial charge < -0.3 is 15.0 Å². The van der Waals surface area contributed by atoms with Crippen molar-refractivity contribution >= 4 is 39.3 Å². The van der Waals surface area contributed by atoms with E-state index in [0.29, 0.717) is 0 Å². The van der Waals surface area contributed by atoms with E-state index < -0.39 is 0 Å². The fourth-order valence-corrected chi connectivity index (χ4v) is 3.27. The third-order valence-electron chi connectivity index (χ3n) is 2.68. The minimum absolute atomic E-state index is 0.746. The molecule has 2 heterocycles. The number of H-pyrrole nitrogens is 1. The number of nitrogens with zero attached hydrogens (tertiary/aromatic N) is 3. The lowest BCUT2D eigenvalue weighted by molar-refractivity contribution is 0.415. The minimum Gasteiger partial charge on any atom is -0.497 e. The van der Waals surface area contributed by atoms with Crippen molar-refractivity contribution in [1.29, 1.82) is 0 Å². The quantitative estimate of drug-likeness (QED) is 0.706. The molecule has 0 bridgehead atoms. The van der Waals surface area contributed by atoms with Gasteiger partial charge in [0.1, 0.15) is 10.8 Å². The summed E-state index contributed by atoms with van der Waals surface area (Å²) in [5.74, 6) is 1.57. The molecule has 2 N–H and O–H groups in total. The highest BCUT2D eigenvalue weighted by Crippen LogP contribution is 2.27. The number of rotatable bonds is 5. The topological polar surface area (TPSA) is 75.7 Å². The number of methoxy groups -OCH3 is 1. The van der Waals surface area contributed by atoms with E-state index in [9.17, 15) is 0 Å². The van der Waals surface area contributed by atoms with Crippen molar-refractivity contribution in [1.82, 2.24) is 20.2 Å². The summed E-state index contributed by atoms with van der Waals surface area (Å²) in [7, 11) is 3.49. The second-order valence-corrected chi connectivity index (χ2v) is 5.99. The Morgan fingerprint density at radius 1 is 1.40 bits per heavy atom. The van der Waals surface area contributed by atoms with Gasteiger partial charge in [0.05, 0.1) is 23.9 Å². The average Bonchev–Trinajstić information content (AvgIpc) is 3.10. The summed E-state index contributed by atoms with van der Waals surface area (Å²) in [6, 6.07) is 5.79. The highest BCUT2D eigenvalue weighted by molar-refractivity contribution is 7.98. The molecule has 6 nitrogen and oxygen atoms in total. The van der Waals surface area contributed by atoms with Gasteiger partial charge in [0.2, 0.25) is 5.13 Å². The number of anilines is 1. The van der Waals surface area contributed by atoms with Crippen molar-refractivity contribution in [2.75, 3.05) is 19.5 Å². The maximum Gasteiger partial charge on any atom is 0.205 e. The molecule has 0 atom stereocenters. The van der Waals surface area contributed by atoms with Crippen molar-refractivity contribution in [2.45, 2.75) is 10.9 Å². The van der Waals surface area contributed by atoms with E-state index in [1.807, 2.05) is 25.2 Å². The van der Waals surface area contributed by atoms with Crippen molar-refractivity contribution in [3.63, 3.8) is 0 Å². The van der Waals surface area contributed by atoms with E-state index in [0.717, 1.165) is 37.8 Å². The predicted octanol–water partition coefficient (Wildman–Crippen LogP) is 2.76. The highest BCUT2D eigenvalue weighted by atomic mass is 32.2. The molecule has 0 spiro atoms. The first-order valence-electron chi connectivity index (χ1n) is 5.95. The zero-order chi connectivity index (χ0) is 13.9. The molecule has 0 amide bonds. The van der Waals surface area contributed by atoms with Gasteiger partial charge in [-0.2, -0.15) is 0 Å². The molecule has 8 heteroatoms. The molecule has 0 unspecified atom stereocenters. The van der Waals surface area contributed by atoms with Crippen LogP contribution in [0.2, 0.25) is 0 Å². The van der Waals surface area contributed by atoms with Crippen LogP contribution in [-0.2, 0) is 5.75 Å². The van der Waals surface area contributed by atoms with Crippen LogP contribution < -0.4 is 10.1 Å². The van der Waals surface area contributed by atoms with Crippen LogP contribution in [-0.4, -0.2) is 34.3 Å². The first-order chi connectivity index (χ1) is 9.78. The Morgan fingerprint density at radius 3 is 3.05 bits per heavy atom. The van der Waals surface area contributed by atoms with E-state index in [2.05, 4.69) is 25.5 Å². The summed E-state index contributed by atoms with van der Waals surface area (Å²) < 4.78 is 5.20. The van der Waals surface area contributed by atoms with Gasteiger partial charge in [-0.3, -0.25) is 0 Å². The first-order valence-corrected chi connectivity index (χ1v) is 7.75. The Kier molecular flexibility index (Phi) is 3.75. The third-order valence-corrected chi connectivity index (χ3v) is 4.69. The van der Waals surface area contributed by atoms with Gasteiger partial charge in [-0.1, -0.05) is 23.1 Å². The number of benzene rings is 1. The Morgan fingerprint density at radius 2 is 2.30 bits per heavy atom. The Bertz CT molecular complexity index is 724. The number of aromatic nitrogens is 4. The van der Waals surface area contributed by atoms with E-state index in [1.165, 1.54) is 0 Å². The van der Waals surface area contributed by atoms with Crippen LogP contribution in [0.1, 0.15) is 5.01 Å². The normalized spacial score (nSPS) is 10.9. The third kappa shape index (κ3) is 2.70. The summed E-state index contributed by atoms with van der Waals surface area (Å²) in [6.45, 7) is 0. The van der Waals surface area contributed by atoms with Crippen LogP contribution in [0.3, 0.4) is 0 Å². The lowest BCUT2D eigenvalue weighted by Gasteiger charge is -1.96. The smallest absolute Gasteiger partial charge is 0.205 e. The first kappa shape index (κ1) is 13.2. The molecular formula is C12H13N5OS2. The van der Waals surface area contributed by atoms with E-state index in [4.69, 9.17) is 4.74 Å². The molecule has 0 aliphatic carbocycles. The summed E-state index contributed by atoms with van der Waals surface area (Å²) in [5.41, 5.74) is 1.90. The van der Waals surface area contributed by atoms with E-state index >= 15 is 0 Å². The van der Waals surface area contributed by atoms with Crippen LogP contribution >= 0.6 is 23.1 Å². The van der Waals surface area contributed by atoms with E-state index in [-0.39, 0.29) is 0 Å². The lowest BCUT2D eigenvalue weighted by atomic mass is 10.3. The van der Waals surface area contributed by atoms with Gasteiger partial charge in [0, 0.05) is 13.1 Å². The zero-order valence-electron chi connectivity index (χ0n) is 11.0. The lowest BCUT2D eigenvalue weighted by Crippen LogP contribution is -1.84. The molecule has 1 aromatic carbocycles. The number of hydrogen-bond acceptors (Lipinski definition) is 7. The molecule has 0 aliphatic rings. The standard InChI is InChI=1S/C12H13N5OS2/c1-13-11-17-16-10(20-11)6-19-12-14-8-4-3-7(18-2)5-9(8)15-12/h3-5H,6H2,1-2H3,(H,13,17)(H,14,15). The fourth-order valence-electron chi connectivity index (χ4n) is 1.70. The molecule has 3 rings (SSSR count). The number of hydrogen-bond donors (Lipinski definition) is 2. The Balaban J connectivity index is 1.73. The number of aromatic amines is 1. The average molecular weight is 307 g/mol. The summed E-state index contributed by atoms with van der Waals surface area (Å²) >= 11 is 3.16. The fraction of sp³-hybridized carbons (Fsp3) is 0.250. The maximum absolute atomic E-state index is 5.20. The van der Waals surface area contributed by atoms with Crippen molar-refractivity contribution in [3.05, 3.63) is 23.2 Å².